The van der Waals surface area contributed by atoms with E-state index in [1.54, 1.807) is 12.1 Å². The molecule has 2 N–H and O–H groups in total. The Bertz CT molecular complexity index is 610. The topological polar surface area (TPSA) is 58.9 Å². The van der Waals surface area contributed by atoms with E-state index in [-0.39, 0.29) is 11.5 Å². The van der Waals surface area contributed by atoms with E-state index in [4.69, 9.17) is 9.31 Å². The lowest BCUT2D eigenvalue weighted by Gasteiger charge is -2.13. The number of benzene rings is 2. The van der Waals surface area contributed by atoms with Gasteiger partial charge in [-0.1, -0.05) is 12.1 Å². The van der Waals surface area contributed by atoms with E-state index in [0.717, 1.165) is 29.9 Å². The molecule has 0 saturated carbocycles. The Morgan fingerprint density at radius 2 is 1.10 bits per heavy atom. The average molecular weight is 285 g/mol. The molecule has 0 aliphatic heterocycles. The van der Waals surface area contributed by atoms with E-state index in [0.29, 0.717) is 11.5 Å². The highest BCUT2D eigenvalue weighted by molar-refractivity contribution is 6.21. The molecule has 2 aromatic carbocycles. The highest BCUT2D eigenvalue weighted by atomic mass is 16.6. The zero-order valence-corrected chi connectivity index (χ0v) is 12.6. The normalized spacial score (nSPS) is 10.3. The van der Waals surface area contributed by atoms with E-state index in [1.807, 2.05) is 39.8 Å². The van der Waals surface area contributed by atoms with Crippen LogP contribution < -0.4 is 9.31 Å². The van der Waals surface area contributed by atoms with Gasteiger partial charge in [0.15, 0.2) is 11.5 Å². The zero-order valence-electron chi connectivity index (χ0n) is 12.6. The molecule has 2 rings (SSSR count). The summed E-state index contributed by atoms with van der Waals surface area (Å²) in [6.07, 6.45) is 0. The molecule has 0 saturated heterocycles. The molecule has 0 unspecified atom stereocenters. The third-order valence-corrected chi connectivity index (χ3v) is 3.68. The lowest BCUT2D eigenvalue weighted by atomic mass is 10.1. The molecular formula is C16H18BO4. The number of hydrogen-bond donors (Lipinski definition) is 2. The summed E-state index contributed by atoms with van der Waals surface area (Å²) < 4.78 is 10.6. The van der Waals surface area contributed by atoms with Crippen molar-refractivity contribution in [1.82, 2.24) is 0 Å². The van der Waals surface area contributed by atoms with E-state index in [1.165, 1.54) is 0 Å². The van der Waals surface area contributed by atoms with Crippen LogP contribution in [0.2, 0.25) is 0 Å². The fourth-order valence-corrected chi connectivity index (χ4v) is 1.87. The predicted molar refractivity (Wildman–Crippen MR) is 82.2 cm³/mol. The monoisotopic (exact) mass is 285 g/mol. The molecule has 0 spiro atoms. The van der Waals surface area contributed by atoms with E-state index >= 15 is 0 Å². The maximum absolute atomic E-state index is 9.96. The number of phenols is 2. The van der Waals surface area contributed by atoms with E-state index < -0.39 is 0 Å². The number of phenolic OH excluding ortho intramolecular Hbond substituents is 2. The van der Waals surface area contributed by atoms with Crippen LogP contribution in [0.1, 0.15) is 22.3 Å². The second-order valence-corrected chi connectivity index (χ2v) is 5.04. The summed E-state index contributed by atoms with van der Waals surface area (Å²) in [4.78, 5) is 0. The van der Waals surface area contributed by atoms with Gasteiger partial charge in [-0.25, -0.2) is 0 Å². The average Bonchev–Trinajstić information content (AvgIpc) is 2.47. The van der Waals surface area contributed by atoms with Crippen LogP contribution in [-0.4, -0.2) is 17.9 Å². The summed E-state index contributed by atoms with van der Waals surface area (Å²) >= 11 is 0. The molecular weight excluding hydrogens is 267 g/mol. The van der Waals surface area contributed by atoms with Gasteiger partial charge in [0.2, 0.25) is 0 Å². The first-order valence-electron chi connectivity index (χ1n) is 6.65. The summed E-state index contributed by atoms with van der Waals surface area (Å²) in [5.41, 5.74) is 3.48. The molecule has 4 nitrogen and oxygen atoms in total. The number of rotatable bonds is 4. The smallest absolute Gasteiger partial charge is 0.524 e. The standard InChI is InChI=1S/C16H18BO4/c1-9-5-7-13(15(18)11(9)3)20-17-21-14-8-6-10(2)12(4)16(14)19/h5-8,18-19H,1-4H3. The van der Waals surface area contributed by atoms with Gasteiger partial charge in [0.05, 0.1) is 0 Å². The van der Waals surface area contributed by atoms with Gasteiger partial charge in [-0.2, -0.15) is 0 Å². The largest absolute Gasteiger partial charge is 0.658 e. The maximum atomic E-state index is 9.96. The molecule has 0 aromatic heterocycles. The first-order chi connectivity index (χ1) is 9.91. The molecule has 5 heteroatoms. The summed E-state index contributed by atoms with van der Waals surface area (Å²) in [6, 6.07) is 7.03. The fraction of sp³-hybridized carbons (Fsp3) is 0.250. The van der Waals surface area contributed by atoms with Gasteiger partial charge in [-0.3, -0.25) is 0 Å². The Kier molecular flexibility index (Phi) is 4.31. The Balaban J connectivity index is 2.06. The summed E-state index contributed by atoms with van der Waals surface area (Å²) in [5, 5.41) is 19.9. The zero-order chi connectivity index (χ0) is 15.6. The van der Waals surface area contributed by atoms with Gasteiger partial charge in [0.25, 0.3) is 0 Å². The highest BCUT2D eigenvalue weighted by Crippen LogP contribution is 2.33. The third kappa shape index (κ3) is 3.07. The Morgan fingerprint density at radius 3 is 1.48 bits per heavy atom. The molecule has 21 heavy (non-hydrogen) atoms. The predicted octanol–water partition coefficient (Wildman–Crippen LogP) is 3.32. The minimum Gasteiger partial charge on any atom is -0.524 e. The van der Waals surface area contributed by atoms with Gasteiger partial charge in [-0.05, 0) is 62.1 Å². The Labute approximate surface area is 125 Å². The summed E-state index contributed by atoms with van der Waals surface area (Å²) in [6.45, 7) is 7.44. The molecule has 109 valence electrons. The molecule has 0 amide bonds. The van der Waals surface area contributed by atoms with Crippen molar-refractivity contribution in [2.75, 3.05) is 0 Å². The first kappa shape index (κ1) is 15.1. The van der Waals surface area contributed by atoms with Crippen LogP contribution in [0.4, 0.5) is 0 Å². The maximum Gasteiger partial charge on any atom is 0.658 e. The van der Waals surface area contributed by atoms with Crippen molar-refractivity contribution in [2.24, 2.45) is 0 Å². The lowest BCUT2D eigenvalue weighted by Crippen LogP contribution is -2.11. The molecule has 0 fully saturated rings. The molecule has 0 atom stereocenters. The molecule has 0 aliphatic carbocycles. The minimum absolute atomic E-state index is 0.0826. The van der Waals surface area contributed by atoms with Crippen LogP contribution in [0.3, 0.4) is 0 Å². The number of aromatic hydroxyl groups is 2. The van der Waals surface area contributed by atoms with Gasteiger partial charge in [0.1, 0.15) is 11.5 Å². The van der Waals surface area contributed by atoms with Crippen molar-refractivity contribution in [1.29, 1.82) is 0 Å². The molecule has 1 radical (unpaired) electrons. The Morgan fingerprint density at radius 1 is 0.714 bits per heavy atom. The summed E-state index contributed by atoms with van der Waals surface area (Å²) in [5.74, 6) is 0.779. The van der Waals surface area contributed by atoms with Gasteiger partial charge < -0.3 is 19.5 Å². The van der Waals surface area contributed by atoms with Crippen molar-refractivity contribution >= 4 is 7.69 Å². The van der Waals surface area contributed by atoms with Crippen LogP contribution in [0.15, 0.2) is 24.3 Å². The number of aryl methyl sites for hydroxylation is 2. The van der Waals surface area contributed by atoms with Crippen LogP contribution in [0.25, 0.3) is 0 Å². The van der Waals surface area contributed by atoms with Crippen LogP contribution >= 0.6 is 0 Å². The third-order valence-electron chi connectivity index (χ3n) is 3.68. The van der Waals surface area contributed by atoms with Crippen molar-refractivity contribution in [3.8, 4) is 23.0 Å². The van der Waals surface area contributed by atoms with Crippen molar-refractivity contribution in [2.45, 2.75) is 27.7 Å². The van der Waals surface area contributed by atoms with Gasteiger partial charge in [-0.15, -0.1) is 0 Å². The SMILES string of the molecule is Cc1ccc(O[B]Oc2ccc(C)c(C)c2O)c(O)c1C. The lowest BCUT2D eigenvalue weighted by molar-refractivity contribution is 0.394. The quantitative estimate of drug-likeness (QED) is 0.846. The van der Waals surface area contributed by atoms with Crippen LogP contribution in [0, 0.1) is 27.7 Å². The van der Waals surface area contributed by atoms with Gasteiger partial charge in [0, 0.05) is 0 Å². The fourth-order valence-electron chi connectivity index (χ4n) is 1.87. The van der Waals surface area contributed by atoms with Gasteiger partial charge >= 0.3 is 7.69 Å². The van der Waals surface area contributed by atoms with Crippen molar-refractivity contribution < 1.29 is 19.5 Å². The van der Waals surface area contributed by atoms with Crippen LogP contribution in [0.5, 0.6) is 23.0 Å². The Hall–Kier alpha value is -2.30. The second kappa shape index (κ2) is 6.00. The van der Waals surface area contributed by atoms with E-state index in [9.17, 15) is 10.2 Å². The molecule has 0 heterocycles. The van der Waals surface area contributed by atoms with E-state index in [2.05, 4.69) is 0 Å². The molecule has 0 aliphatic rings. The first-order valence-corrected chi connectivity index (χ1v) is 6.65. The second-order valence-electron chi connectivity index (χ2n) is 5.04. The minimum atomic E-state index is 0.0826. The van der Waals surface area contributed by atoms with Crippen molar-refractivity contribution in [3.05, 3.63) is 46.5 Å². The number of hydrogen-bond acceptors (Lipinski definition) is 4. The summed E-state index contributed by atoms with van der Waals surface area (Å²) in [7, 11) is 1.09. The molecule has 0 bridgehead atoms. The molecule has 2 aromatic rings. The van der Waals surface area contributed by atoms with Crippen LogP contribution in [-0.2, 0) is 0 Å². The van der Waals surface area contributed by atoms with Crippen molar-refractivity contribution in [3.63, 3.8) is 0 Å². The highest BCUT2D eigenvalue weighted by Gasteiger charge is 2.12.